The summed E-state index contributed by atoms with van der Waals surface area (Å²) in [5, 5.41) is 18.6. The highest BCUT2D eigenvalue weighted by molar-refractivity contribution is 7.93. The average Bonchev–Trinajstić information content (AvgIpc) is 3.31. The molecule has 0 aliphatic carbocycles. The fourth-order valence-electron chi connectivity index (χ4n) is 8.26. The summed E-state index contributed by atoms with van der Waals surface area (Å²) in [6, 6.07) is 37.9. The Morgan fingerprint density at radius 1 is 0.529 bits per heavy atom. The Balaban J connectivity index is 0.000000255. The Labute approximate surface area is 402 Å². The Morgan fingerprint density at radius 2 is 0.926 bits per heavy atom. The van der Waals surface area contributed by atoms with E-state index in [2.05, 4.69) is 23.3 Å². The molecule has 0 bridgehead atoms. The zero-order valence-corrected chi connectivity index (χ0v) is 41.5. The average molecular weight is 961 g/mol. The first-order valence-electron chi connectivity index (χ1n) is 23.0. The summed E-state index contributed by atoms with van der Waals surface area (Å²) < 4.78 is 63.5. The molecule has 0 saturated heterocycles. The van der Waals surface area contributed by atoms with Crippen LogP contribution in [-0.2, 0) is 45.7 Å². The maximum Gasteiger partial charge on any atom is 0.335 e. The Kier molecular flexibility index (Phi) is 19.0. The predicted octanol–water partition coefficient (Wildman–Crippen LogP) is 12.3. The van der Waals surface area contributed by atoms with Crippen LogP contribution in [0.5, 0.6) is 5.75 Å². The third kappa shape index (κ3) is 14.3. The molecule has 360 valence electrons. The molecule has 0 saturated carbocycles. The molecule has 0 heterocycles. The number of carboxylic acids is 2. The van der Waals surface area contributed by atoms with Crippen molar-refractivity contribution in [2.45, 2.75) is 115 Å². The molecule has 6 rings (SSSR count). The fraction of sp³-hybridized carbons (Fsp3) is 0.309. The highest BCUT2D eigenvalue weighted by Crippen LogP contribution is 2.33. The van der Waals surface area contributed by atoms with Gasteiger partial charge in [-0.25, -0.2) is 26.4 Å². The zero-order valence-electron chi connectivity index (χ0n) is 39.8. The monoisotopic (exact) mass is 960 g/mol. The van der Waals surface area contributed by atoms with Gasteiger partial charge in [0, 0.05) is 0 Å². The minimum absolute atomic E-state index is 0.249. The van der Waals surface area contributed by atoms with Gasteiger partial charge in [-0.05, 0) is 165 Å². The first-order chi connectivity index (χ1) is 32.4. The third-order valence-corrected chi connectivity index (χ3v) is 15.2. The Morgan fingerprint density at radius 3 is 1.35 bits per heavy atom. The van der Waals surface area contributed by atoms with Gasteiger partial charge in [-0.2, -0.15) is 0 Å². The smallest absolute Gasteiger partial charge is 0.335 e. The van der Waals surface area contributed by atoms with Crippen LogP contribution in [0.2, 0.25) is 0 Å². The largest absolute Gasteiger partial charge is 0.496 e. The van der Waals surface area contributed by atoms with E-state index in [1.807, 2.05) is 79.7 Å². The van der Waals surface area contributed by atoms with Gasteiger partial charge < -0.3 is 14.9 Å². The number of benzene rings is 6. The normalized spacial score (nSPS) is 11.4. The minimum atomic E-state index is -3.79. The topological polar surface area (TPSA) is 176 Å². The number of hydrogen-bond donors (Lipinski definition) is 4. The molecule has 0 aromatic heterocycles. The molecule has 13 heteroatoms. The number of unbranched alkanes of at least 4 members (excludes halogenated alkanes) is 4. The number of aromatic carboxylic acids is 2. The Bertz CT molecular complexity index is 2890. The summed E-state index contributed by atoms with van der Waals surface area (Å²) in [6.07, 6.45) is 8.20. The molecule has 6 aromatic carbocycles. The highest BCUT2D eigenvalue weighted by atomic mass is 32.2. The second-order valence-corrected chi connectivity index (χ2v) is 20.6. The van der Waals surface area contributed by atoms with Crippen LogP contribution in [0.25, 0.3) is 0 Å². The SMILES string of the molecule is CC(C)c1ccc(S(=O)(=O)Nc2ccccc2CCCCCc2ccccc2C(=O)O)cc1.COc1cc(C)c(S(=O)(=O)Nc2ccccc2CCCCCc2ccccc2C(=O)O)c(C)c1C. The summed E-state index contributed by atoms with van der Waals surface area (Å²) >= 11 is 0. The Hall–Kier alpha value is -6.44. The first-order valence-corrected chi connectivity index (χ1v) is 26.0. The number of sulfonamides is 2. The van der Waals surface area contributed by atoms with E-state index in [0.717, 1.165) is 84.7 Å². The number of para-hydroxylation sites is 2. The lowest BCUT2D eigenvalue weighted by molar-refractivity contribution is 0.0684. The second-order valence-electron chi connectivity index (χ2n) is 17.3. The van der Waals surface area contributed by atoms with Gasteiger partial charge in [0.15, 0.2) is 0 Å². The third-order valence-electron chi connectivity index (χ3n) is 12.1. The molecule has 0 atom stereocenters. The fourth-order valence-corrected chi connectivity index (χ4v) is 11.0. The molecule has 4 N–H and O–H groups in total. The molecular weight excluding hydrogens is 897 g/mol. The molecule has 68 heavy (non-hydrogen) atoms. The first kappa shape index (κ1) is 52.5. The van der Waals surface area contributed by atoms with E-state index in [9.17, 15) is 36.6 Å². The van der Waals surface area contributed by atoms with Crippen molar-refractivity contribution in [1.82, 2.24) is 0 Å². The molecule has 0 radical (unpaired) electrons. The van der Waals surface area contributed by atoms with Crippen LogP contribution in [0.1, 0.15) is 124 Å². The number of anilines is 2. The van der Waals surface area contributed by atoms with Gasteiger partial charge >= 0.3 is 11.9 Å². The van der Waals surface area contributed by atoms with Gasteiger partial charge in [0.25, 0.3) is 20.0 Å². The van der Waals surface area contributed by atoms with Crippen molar-refractivity contribution in [2.24, 2.45) is 0 Å². The number of ether oxygens (including phenoxy) is 1. The van der Waals surface area contributed by atoms with Gasteiger partial charge in [0.1, 0.15) is 5.75 Å². The van der Waals surface area contributed by atoms with E-state index in [1.165, 1.54) is 0 Å². The molecule has 0 spiro atoms. The standard InChI is InChI=1S/C28H33NO5S.C27H31NO4S/c1-19-18-26(34-4)20(2)21(3)27(19)35(32,33)29-25-17-11-9-15-23(25)14-7-5-6-12-22-13-8-10-16-24(22)28(30)31;1-20(2)21-16-18-24(19-17-21)33(31,32)28-26-15-9-7-13-23(26)12-5-3-4-10-22-11-6-8-14-25(22)27(29)30/h8-11,13,15-18,29H,5-7,12,14H2,1-4H3,(H,30,31);6-9,11,13-20,28H,3-5,10,12H2,1-2H3,(H,29,30). The number of aryl methyl sites for hydroxylation is 5. The van der Waals surface area contributed by atoms with Crippen LogP contribution >= 0.6 is 0 Å². The molecular formula is C55H64N2O9S2. The van der Waals surface area contributed by atoms with Crippen LogP contribution < -0.4 is 14.2 Å². The lowest BCUT2D eigenvalue weighted by atomic mass is 9.99. The van der Waals surface area contributed by atoms with E-state index in [1.54, 1.807) is 75.6 Å². The van der Waals surface area contributed by atoms with Crippen LogP contribution in [0.3, 0.4) is 0 Å². The molecule has 0 unspecified atom stereocenters. The molecule has 0 amide bonds. The zero-order chi connectivity index (χ0) is 49.4. The van der Waals surface area contributed by atoms with Crippen LogP contribution in [0, 0.1) is 20.8 Å². The molecule has 0 aliphatic rings. The number of carboxylic acid groups (broad SMARTS) is 2. The maximum atomic E-state index is 13.4. The summed E-state index contributed by atoms with van der Waals surface area (Å²) in [5.74, 6) is -0.789. The van der Waals surface area contributed by atoms with Gasteiger partial charge in [-0.1, -0.05) is 112 Å². The van der Waals surface area contributed by atoms with Crippen molar-refractivity contribution in [3.05, 3.63) is 183 Å². The summed E-state index contributed by atoms with van der Waals surface area (Å²) in [4.78, 5) is 23.2. The van der Waals surface area contributed by atoms with Crippen LogP contribution in [-0.4, -0.2) is 46.1 Å². The molecule has 6 aromatic rings. The van der Waals surface area contributed by atoms with Crippen molar-refractivity contribution in [2.75, 3.05) is 16.6 Å². The van der Waals surface area contributed by atoms with Crippen LogP contribution in [0.4, 0.5) is 11.4 Å². The van der Waals surface area contributed by atoms with E-state index in [4.69, 9.17) is 4.74 Å². The van der Waals surface area contributed by atoms with Crippen molar-refractivity contribution in [3.8, 4) is 5.75 Å². The van der Waals surface area contributed by atoms with E-state index >= 15 is 0 Å². The van der Waals surface area contributed by atoms with E-state index < -0.39 is 32.0 Å². The van der Waals surface area contributed by atoms with Crippen molar-refractivity contribution >= 4 is 43.4 Å². The minimum Gasteiger partial charge on any atom is -0.496 e. The molecule has 0 aliphatic heterocycles. The van der Waals surface area contributed by atoms with Crippen molar-refractivity contribution < 1.29 is 41.4 Å². The molecule has 11 nitrogen and oxygen atoms in total. The maximum absolute atomic E-state index is 13.4. The molecule has 0 fully saturated rings. The number of nitrogens with one attached hydrogen (secondary N) is 2. The quantitative estimate of drug-likeness (QED) is 0.0482. The number of hydrogen-bond acceptors (Lipinski definition) is 7. The van der Waals surface area contributed by atoms with Gasteiger partial charge in [-0.3, -0.25) is 9.44 Å². The number of carbonyl (C=O) groups is 2. The lowest BCUT2D eigenvalue weighted by Gasteiger charge is -2.18. The lowest BCUT2D eigenvalue weighted by Crippen LogP contribution is -2.17. The van der Waals surface area contributed by atoms with E-state index in [-0.39, 0.29) is 9.79 Å². The predicted molar refractivity (Wildman–Crippen MR) is 272 cm³/mol. The van der Waals surface area contributed by atoms with Crippen molar-refractivity contribution in [3.63, 3.8) is 0 Å². The van der Waals surface area contributed by atoms with E-state index in [0.29, 0.717) is 58.1 Å². The summed E-state index contributed by atoms with van der Waals surface area (Å²) in [5.41, 5.74) is 8.67. The van der Waals surface area contributed by atoms with Gasteiger partial charge in [0.2, 0.25) is 0 Å². The second kappa shape index (κ2) is 24.5. The number of methoxy groups -OCH3 is 1. The van der Waals surface area contributed by atoms with Gasteiger partial charge in [0.05, 0.1) is 39.4 Å². The number of rotatable bonds is 22. The highest BCUT2D eigenvalue weighted by Gasteiger charge is 2.24. The summed E-state index contributed by atoms with van der Waals surface area (Å²) in [6.45, 7) is 9.58. The van der Waals surface area contributed by atoms with Crippen molar-refractivity contribution in [1.29, 1.82) is 0 Å². The van der Waals surface area contributed by atoms with Gasteiger partial charge in [-0.15, -0.1) is 0 Å². The summed E-state index contributed by atoms with van der Waals surface area (Å²) in [7, 11) is -5.88. The van der Waals surface area contributed by atoms with Crippen LogP contribution in [0.15, 0.2) is 137 Å².